The molecule has 0 bridgehead atoms. The lowest BCUT2D eigenvalue weighted by Crippen LogP contribution is -2.39. The summed E-state index contributed by atoms with van der Waals surface area (Å²) in [6, 6.07) is 19.6. The van der Waals surface area contributed by atoms with E-state index in [9.17, 15) is 0 Å². The fourth-order valence-electron chi connectivity index (χ4n) is 3.92. The number of aliphatic imine (C=N–C) groups is 1. The molecular weight excluding hydrogens is 511 g/mol. The zero-order valence-electron chi connectivity index (χ0n) is 19.6. The number of nitrogens with one attached hydrogen (secondary N) is 2. The van der Waals surface area contributed by atoms with Crippen molar-refractivity contribution in [3.63, 3.8) is 0 Å². The Labute approximate surface area is 211 Å². The number of ether oxygens (including phenoxy) is 1. The quantitative estimate of drug-likeness (QED) is 0.176. The number of anilines is 1. The van der Waals surface area contributed by atoms with Gasteiger partial charge in [0.15, 0.2) is 5.96 Å². The summed E-state index contributed by atoms with van der Waals surface area (Å²) in [6.07, 6.45) is 5.68. The number of guanidine groups is 1. The summed E-state index contributed by atoms with van der Waals surface area (Å²) in [5.41, 5.74) is 3.96. The van der Waals surface area contributed by atoms with Crippen molar-refractivity contribution in [2.24, 2.45) is 4.99 Å². The first-order chi connectivity index (χ1) is 15.3. The molecule has 0 aromatic heterocycles. The molecule has 0 radical (unpaired) electrons. The topological polar surface area (TPSA) is 48.9 Å². The molecule has 1 saturated heterocycles. The van der Waals surface area contributed by atoms with Gasteiger partial charge in [-0.3, -0.25) is 4.99 Å². The third kappa shape index (κ3) is 8.98. The van der Waals surface area contributed by atoms with Crippen LogP contribution in [0.2, 0.25) is 0 Å². The molecule has 176 valence electrons. The van der Waals surface area contributed by atoms with Crippen LogP contribution in [-0.4, -0.2) is 45.9 Å². The molecular formula is C26H39IN4O. The Kier molecular flexibility index (Phi) is 12.5. The van der Waals surface area contributed by atoms with E-state index in [1.165, 1.54) is 42.7 Å². The average Bonchev–Trinajstić information content (AvgIpc) is 3.36. The summed E-state index contributed by atoms with van der Waals surface area (Å²) in [7, 11) is 1.83. The predicted octanol–water partition coefficient (Wildman–Crippen LogP) is 5.17. The summed E-state index contributed by atoms with van der Waals surface area (Å²) in [4.78, 5) is 6.86. The molecule has 2 aromatic carbocycles. The van der Waals surface area contributed by atoms with Gasteiger partial charge in [-0.1, -0.05) is 42.5 Å². The highest BCUT2D eigenvalue weighted by Gasteiger charge is 2.14. The highest BCUT2D eigenvalue weighted by atomic mass is 127. The molecule has 32 heavy (non-hydrogen) atoms. The van der Waals surface area contributed by atoms with Crippen molar-refractivity contribution in [2.75, 3.05) is 44.8 Å². The number of benzene rings is 2. The van der Waals surface area contributed by atoms with Crippen molar-refractivity contribution in [1.82, 2.24) is 10.6 Å². The van der Waals surface area contributed by atoms with E-state index in [1.54, 1.807) is 0 Å². The predicted molar refractivity (Wildman–Crippen MR) is 146 cm³/mol. The van der Waals surface area contributed by atoms with Crippen LogP contribution >= 0.6 is 24.0 Å². The molecule has 1 heterocycles. The van der Waals surface area contributed by atoms with Crippen LogP contribution in [0.5, 0.6) is 0 Å². The standard InChI is InChI=1S/C26H38N4O.HI/c1-22(24-13-10-14-25(21-24)30-17-7-8-18-30)29-26(27-2)28-16-6-9-19-31-20-15-23-11-4-3-5-12-23;/h3-5,10-14,21-22H,6-9,15-20H2,1-2H3,(H2,27,28,29);1H. The van der Waals surface area contributed by atoms with Gasteiger partial charge in [-0.25, -0.2) is 0 Å². The van der Waals surface area contributed by atoms with Gasteiger partial charge in [-0.15, -0.1) is 24.0 Å². The van der Waals surface area contributed by atoms with Gasteiger partial charge in [-0.05, 0) is 62.3 Å². The second-order valence-electron chi connectivity index (χ2n) is 8.21. The first-order valence-electron chi connectivity index (χ1n) is 11.7. The molecule has 0 amide bonds. The molecule has 2 aromatic rings. The Morgan fingerprint density at radius 1 is 1.03 bits per heavy atom. The van der Waals surface area contributed by atoms with E-state index in [4.69, 9.17) is 4.74 Å². The Bertz CT molecular complexity index is 793. The van der Waals surface area contributed by atoms with Gasteiger partial charge >= 0.3 is 0 Å². The number of unbranched alkanes of at least 4 members (excludes halogenated alkanes) is 1. The van der Waals surface area contributed by atoms with Crippen molar-refractivity contribution in [1.29, 1.82) is 0 Å². The minimum Gasteiger partial charge on any atom is -0.381 e. The largest absolute Gasteiger partial charge is 0.381 e. The van der Waals surface area contributed by atoms with E-state index in [2.05, 4.69) is 76.0 Å². The second-order valence-corrected chi connectivity index (χ2v) is 8.21. The molecule has 1 unspecified atom stereocenters. The lowest BCUT2D eigenvalue weighted by Gasteiger charge is -2.22. The zero-order chi connectivity index (χ0) is 21.7. The van der Waals surface area contributed by atoms with Crippen LogP contribution in [0.3, 0.4) is 0 Å². The fraction of sp³-hybridized carbons (Fsp3) is 0.500. The van der Waals surface area contributed by atoms with Gasteiger partial charge in [-0.2, -0.15) is 0 Å². The first kappa shape index (κ1) is 26.5. The van der Waals surface area contributed by atoms with Gasteiger partial charge in [0.25, 0.3) is 0 Å². The maximum Gasteiger partial charge on any atom is 0.191 e. The van der Waals surface area contributed by atoms with E-state index in [0.717, 1.165) is 45.0 Å². The SMILES string of the molecule is CN=C(NCCCCOCCc1ccccc1)NC(C)c1cccc(N2CCCC2)c1.I. The van der Waals surface area contributed by atoms with Crippen LogP contribution in [0.1, 0.15) is 49.8 Å². The third-order valence-corrected chi connectivity index (χ3v) is 5.80. The molecule has 6 heteroatoms. The number of halogens is 1. The van der Waals surface area contributed by atoms with Crippen LogP contribution in [-0.2, 0) is 11.2 Å². The average molecular weight is 551 g/mol. The van der Waals surface area contributed by atoms with E-state index < -0.39 is 0 Å². The third-order valence-electron chi connectivity index (χ3n) is 5.80. The van der Waals surface area contributed by atoms with Crippen LogP contribution < -0.4 is 15.5 Å². The van der Waals surface area contributed by atoms with E-state index in [1.807, 2.05) is 13.1 Å². The normalized spacial score (nSPS) is 14.7. The molecule has 5 nitrogen and oxygen atoms in total. The summed E-state index contributed by atoms with van der Waals surface area (Å²) in [5, 5.41) is 6.95. The molecule has 1 atom stereocenters. The Balaban J connectivity index is 0.00000363. The van der Waals surface area contributed by atoms with Gasteiger partial charge < -0.3 is 20.3 Å². The van der Waals surface area contributed by atoms with Gasteiger partial charge in [0, 0.05) is 39.0 Å². The zero-order valence-corrected chi connectivity index (χ0v) is 21.9. The van der Waals surface area contributed by atoms with Gasteiger partial charge in [0.2, 0.25) is 0 Å². The molecule has 0 spiro atoms. The van der Waals surface area contributed by atoms with Crippen molar-refractivity contribution < 1.29 is 4.74 Å². The van der Waals surface area contributed by atoms with Crippen LogP contribution in [0.15, 0.2) is 59.6 Å². The van der Waals surface area contributed by atoms with Crippen molar-refractivity contribution in [3.8, 4) is 0 Å². The van der Waals surface area contributed by atoms with Gasteiger partial charge in [0.1, 0.15) is 0 Å². The highest BCUT2D eigenvalue weighted by molar-refractivity contribution is 14.0. The summed E-state index contributed by atoms with van der Waals surface area (Å²) in [5.74, 6) is 0.851. The van der Waals surface area contributed by atoms with Crippen LogP contribution in [0, 0.1) is 0 Å². The molecule has 0 saturated carbocycles. The summed E-state index contributed by atoms with van der Waals surface area (Å²) < 4.78 is 5.77. The van der Waals surface area contributed by atoms with Crippen LogP contribution in [0.25, 0.3) is 0 Å². The number of rotatable bonds is 11. The molecule has 1 fully saturated rings. The van der Waals surface area contributed by atoms with Gasteiger partial charge in [0.05, 0.1) is 12.6 Å². The number of hydrogen-bond donors (Lipinski definition) is 2. The minimum absolute atomic E-state index is 0. The van der Waals surface area contributed by atoms with Crippen molar-refractivity contribution in [2.45, 2.75) is 45.1 Å². The summed E-state index contributed by atoms with van der Waals surface area (Å²) in [6.45, 7) is 7.02. The molecule has 2 N–H and O–H groups in total. The summed E-state index contributed by atoms with van der Waals surface area (Å²) >= 11 is 0. The van der Waals surface area contributed by atoms with E-state index in [-0.39, 0.29) is 30.0 Å². The van der Waals surface area contributed by atoms with Crippen LogP contribution in [0.4, 0.5) is 5.69 Å². The Morgan fingerprint density at radius 3 is 2.56 bits per heavy atom. The Hall–Kier alpha value is -1.80. The van der Waals surface area contributed by atoms with Crippen molar-refractivity contribution >= 4 is 35.6 Å². The molecule has 0 aliphatic carbocycles. The number of hydrogen-bond acceptors (Lipinski definition) is 3. The molecule has 3 rings (SSSR count). The first-order valence-corrected chi connectivity index (χ1v) is 11.7. The maximum absolute atomic E-state index is 5.77. The van der Waals surface area contributed by atoms with E-state index >= 15 is 0 Å². The smallest absolute Gasteiger partial charge is 0.191 e. The highest BCUT2D eigenvalue weighted by Crippen LogP contribution is 2.23. The molecule has 1 aliphatic heterocycles. The van der Waals surface area contributed by atoms with Crippen molar-refractivity contribution in [3.05, 3.63) is 65.7 Å². The molecule has 1 aliphatic rings. The fourth-order valence-corrected chi connectivity index (χ4v) is 3.92. The van der Waals surface area contributed by atoms with E-state index in [0.29, 0.717) is 0 Å². The Morgan fingerprint density at radius 2 is 1.81 bits per heavy atom. The number of nitrogens with zero attached hydrogens (tertiary/aromatic N) is 2. The monoisotopic (exact) mass is 550 g/mol. The lowest BCUT2D eigenvalue weighted by molar-refractivity contribution is 0.133. The minimum atomic E-state index is 0. The lowest BCUT2D eigenvalue weighted by atomic mass is 10.1. The second kappa shape index (κ2) is 15.1. The maximum atomic E-state index is 5.77.